The van der Waals surface area contributed by atoms with Crippen LogP contribution in [0.1, 0.15) is 30.1 Å². The smallest absolute Gasteiger partial charge is 0.338 e. The highest BCUT2D eigenvalue weighted by Crippen LogP contribution is 2.26. The molecule has 3 rings (SSSR count). The van der Waals surface area contributed by atoms with Gasteiger partial charge in [0.05, 0.1) is 12.2 Å². The molecule has 1 aliphatic heterocycles. The Morgan fingerprint density at radius 3 is 2.48 bits per heavy atom. The molecule has 2 aromatic rings. The molecule has 1 saturated heterocycles. The Morgan fingerprint density at radius 1 is 1.19 bits per heavy atom. The van der Waals surface area contributed by atoms with Crippen LogP contribution < -0.4 is 9.64 Å². The van der Waals surface area contributed by atoms with Gasteiger partial charge in [-0.15, -0.1) is 10.2 Å². The maximum absolute atomic E-state index is 11.7. The topological polar surface area (TPSA) is 84.8 Å². The monoisotopic (exact) mass is 391 g/mol. The summed E-state index contributed by atoms with van der Waals surface area (Å²) in [6.07, 6.45) is 1.11. The summed E-state index contributed by atoms with van der Waals surface area (Å²) in [5.74, 6) is 0.986. The quantitative estimate of drug-likeness (QED) is 0.758. The van der Waals surface area contributed by atoms with Crippen LogP contribution in [0.5, 0.6) is 5.75 Å². The summed E-state index contributed by atoms with van der Waals surface area (Å²) in [5.41, 5.74) is -0.434. The summed E-state index contributed by atoms with van der Waals surface area (Å²) in [6, 6.07) is 10.2. The van der Waals surface area contributed by atoms with Crippen molar-refractivity contribution in [3.05, 3.63) is 47.1 Å². The number of ether oxygens (including phenoxy) is 2. The van der Waals surface area contributed by atoms with Crippen LogP contribution >= 0.6 is 11.6 Å². The first-order chi connectivity index (χ1) is 13.0. The van der Waals surface area contributed by atoms with E-state index in [1.807, 2.05) is 6.07 Å². The number of aliphatic hydroxyl groups is 1. The molecule has 0 radical (unpaired) electrons. The molecule has 0 atom stereocenters. The average Bonchev–Trinajstić information content (AvgIpc) is 2.68. The number of piperidine rings is 1. The van der Waals surface area contributed by atoms with Crippen molar-refractivity contribution < 1.29 is 19.4 Å². The number of anilines is 1. The Bertz CT molecular complexity index is 760. The van der Waals surface area contributed by atoms with Crippen LogP contribution in [0.2, 0.25) is 5.15 Å². The molecule has 1 aromatic carbocycles. The van der Waals surface area contributed by atoms with Gasteiger partial charge in [-0.25, -0.2) is 4.79 Å². The molecule has 1 fully saturated rings. The molecule has 0 amide bonds. The van der Waals surface area contributed by atoms with Crippen molar-refractivity contribution in [2.75, 3.05) is 31.2 Å². The fourth-order valence-electron chi connectivity index (χ4n) is 2.89. The lowest BCUT2D eigenvalue weighted by Crippen LogP contribution is -2.48. The van der Waals surface area contributed by atoms with Gasteiger partial charge in [0.2, 0.25) is 0 Å². The van der Waals surface area contributed by atoms with E-state index in [9.17, 15) is 9.90 Å². The summed E-state index contributed by atoms with van der Waals surface area (Å²) >= 11 is 5.76. The molecule has 0 unspecified atom stereocenters. The summed E-state index contributed by atoms with van der Waals surface area (Å²) in [7, 11) is 0. The van der Waals surface area contributed by atoms with E-state index in [4.69, 9.17) is 21.1 Å². The zero-order valence-corrected chi connectivity index (χ0v) is 15.9. The number of esters is 1. The first-order valence-electron chi connectivity index (χ1n) is 8.86. The van der Waals surface area contributed by atoms with E-state index in [1.165, 1.54) is 0 Å². The highest BCUT2D eigenvalue weighted by Gasteiger charge is 2.33. The van der Waals surface area contributed by atoms with Gasteiger partial charge in [-0.2, -0.15) is 0 Å². The molecule has 1 N–H and O–H groups in total. The van der Waals surface area contributed by atoms with Gasteiger partial charge in [-0.1, -0.05) is 11.6 Å². The molecule has 2 heterocycles. The summed E-state index contributed by atoms with van der Waals surface area (Å²) in [5, 5.41) is 19.1. The van der Waals surface area contributed by atoms with Crippen LogP contribution in [-0.4, -0.2) is 53.2 Å². The number of halogens is 1. The lowest BCUT2D eigenvalue weighted by atomic mass is 9.92. The second-order valence-corrected chi connectivity index (χ2v) is 6.85. The molecule has 0 aliphatic carbocycles. The highest BCUT2D eigenvalue weighted by molar-refractivity contribution is 6.29. The third-order valence-corrected chi connectivity index (χ3v) is 4.71. The van der Waals surface area contributed by atoms with Crippen LogP contribution in [0, 0.1) is 0 Å². The fraction of sp³-hybridized carbons (Fsp3) is 0.421. The number of nitrogens with zero attached hydrogens (tertiary/aromatic N) is 3. The van der Waals surface area contributed by atoms with Crippen molar-refractivity contribution >= 4 is 23.4 Å². The molecule has 0 bridgehead atoms. The summed E-state index contributed by atoms with van der Waals surface area (Å²) < 4.78 is 10.7. The Balaban J connectivity index is 1.51. The van der Waals surface area contributed by atoms with E-state index >= 15 is 0 Å². The van der Waals surface area contributed by atoms with E-state index in [2.05, 4.69) is 15.1 Å². The van der Waals surface area contributed by atoms with Crippen LogP contribution in [0.15, 0.2) is 36.4 Å². The van der Waals surface area contributed by atoms with E-state index < -0.39 is 5.60 Å². The van der Waals surface area contributed by atoms with E-state index in [0.29, 0.717) is 49.0 Å². The van der Waals surface area contributed by atoms with Gasteiger partial charge in [0.1, 0.15) is 18.0 Å². The molecule has 0 saturated carbocycles. The third-order valence-electron chi connectivity index (χ3n) is 4.51. The maximum atomic E-state index is 11.7. The van der Waals surface area contributed by atoms with Gasteiger partial charge in [-0.3, -0.25) is 0 Å². The number of aromatic nitrogens is 2. The number of rotatable bonds is 6. The van der Waals surface area contributed by atoms with Crippen molar-refractivity contribution in [3.8, 4) is 5.75 Å². The van der Waals surface area contributed by atoms with Crippen molar-refractivity contribution in [1.82, 2.24) is 10.2 Å². The normalized spacial score (nSPS) is 16.0. The Kier molecular flexibility index (Phi) is 6.13. The predicted molar refractivity (Wildman–Crippen MR) is 101 cm³/mol. The lowest BCUT2D eigenvalue weighted by Gasteiger charge is -2.38. The Hall–Kier alpha value is -2.38. The van der Waals surface area contributed by atoms with Crippen molar-refractivity contribution in [2.45, 2.75) is 25.4 Å². The maximum Gasteiger partial charge on any atom is 0.338 e. The van der Waals surface area contributed by atoms with Crippen molar-refractivity contribution in [1.29, 1.82) is 0 Å². The zero-order valence-electron chi connectivity index (χ0n) is 15.1. The van der Waals surface area contributed by atoms with Gasteiger partial charge < -0.3 is 19.5 Å². The van der Waals surface area contributed by atoms with E-state index in [0.717, 1.165) is 5.82 Å². The third kappa shape index (κ3) is 5.08. The Labute approximate surface area is 162 Å². The minimum absolute atomic E-state index is 0.186. The molecular weight excluding hydrogens is 370 g/mol. The molecule has 0 spiro atoms. The number of hydrogen-bond donors (Lipinski definition) is 1. The van der Waals surface area contributed by atoms with Crippen molar-refractivity contribution in [3.63, 3.8) is 0 Å². The molecule has 1 aliphatic rings. The largest absolute Gasteiger partial charge is 0.491 e. The standard InChI is InChI=1S/C19H22ClN3O4/c1-2-26-18(24)14-3-5-15(6-4-14)27-13-19(25)9-11-23(12-10-19)17-8-7-16(20)21-22-17/h3-8,25H,2,9-13H2,1H3. The molecule has 7 nitrogen and oxygen atoms in total. The van der Waals surface area contributed by atoms with Gasteiger partial charge >= 0.3 is 5.97 Å². The van der Waals surface area contributed by atoms with Gasteiger partial charge in [0.15, 0.2) is 11.0 Å². The summed E-state index contributed by atoms with van der Waals surface area (Å²) in [4.78, 5) is 13.7. The number of carbonyl (C=O) groups excluding carboxylic acids is 1. The van der Waals surface area contributed by atoms with Crippen LogP contribution in [0.3, 0.4) is 0 Å². The number of benzene rings is 1. The average molecular weight is 392 g/mol. The Morgan fingerprint density at radius 2 is 1.89 bits per heavy atom. The first-order valence-corrected chi connectivity index (χ1v) is 9.23. The molecule has 27 heavy (non-hydrogen) atoms. The second kappa shape index (κ2) is 8.54. The van der Waals surface area contributed by atoms with Crippen LogP contribution in [0.25, 0.3) is 0 Å². The minimum atomic E-state index is -0.907. The zero-order chi connectivity index (χ0) is 19.3. The van der Waals surface area contributed by atoms with Gasteiger partial charge in [-0.05, 0) is 56.2 Å². The van der Waals surface area contributed by atoms with Crippen LogP contribution in [-0.2, 0) is 4.74 Å². The molecule has 144 valence electrons. The lowest BCUT2D eigenvalue weighted by molar-refractivity contribution is -0.0242. The molecule has 1 aromatic heterocycles. The van der Waals surface area contributed by atoms with Crippen molar-refractivity contribution in [2.24, 2.45) is 0 Å². The number of carbonyl (C=O) groups is 1. The number of hydrogen-bond acceptors (Lipinski definition) is 7. The SMILES string of the molecule is CCOC(=O)c1ccc(OCC2(O)CCN(c3ccc(Cl)nn3)CC2)cc1. The summed E-state index contributed by atoms with van der Waals surface area (Å²) in [6.45, 7) is 3.59. The highest BCUT2D eigenvalue weighted by atomic mass is 35.5. The second-order valence-electron chi connectivity index (χ2n) is 6.46. The van der Waals surface area contributed by atoms with Gasteiger partial charge in [0.25, 0.3) is 0 Å². The molecular formula is C19H22ClN3O4. The van der Waals surface area contributed by atoms with E-state index in [1.54, 1.807) is 37.3 Å². The van der Waals surface area contributed by atoms with Gasteiger partial charge in [0, 0.05) is 13.1 Å². The van der Waals surface area contributed by atoms with Crippen LogP contribution in [0.4, 0.5) is 5.82 Å². The molecule has 8 heteroatoms. The van der Waals surface area contributed by atoms with E-state index in [-0.39, 0.29) is 12.6 Å². The first kappa shape index (κ1) is 19.4. The predicted octanol–water partition coefficient (Wildman–Crippen LogP) is 2.72. The fourth-order valence-corrected chi connectivity index (χ4v) is 2.99. The minimum Gasteiger partial charge on any atom is -0.491 e.